The van der Waals surface area contributed by atoms with Crippen LogP contribution in [0.5, 0.6) is 0 Å². The van der Waals surface area contributed by atoms with Gasteiger partial charge in [-0.2, -0.15) is 13.2 Å². The quantitative estimate of drug-likeness (QED) is 0.884. The van der Waals surface area contributed by atoms with Gasteiger partial charge in [-0.05, 0) is 50.9 Å². The number of fused-ring (bicyclic) bond motifs is 2. The van der Waals surface area contributed by atoms with E-state index in [0.29, 0.717) is 6.04 Å². The van der Waals surface area contributed by atoms with Crippen molar-refractivity contribution >= 4 is 17.3 Å². The minimum absolute atomic E-state index is 0.128. The van der Waals surface area contributed by atoms with Crippen molar-refractivity contribution in [2.45, 2.75) is 50.0 Å². The van der Waals surface area contributed by atoms with Gasteiger partial charge in [0.05, 0.1) is 5.56 Å². The van der Waals surface area contributed by atoms with Crippen LogP contribution in [0.3, 0.4) is 0 Å². The zero-order chi connectivity index (χ0) is 15.2. The summed E-state index contributed by atoms with van der Waals surface area (Å²) in [5, 5.41) is 3.39. The van der Waals surface area contributed by atoms with Crippen LogP contribution in [0, 0.1) is 0 Å². The van der Waals surface area contributed by atoms with Crippen molar-refractivity contribution < 1.29 is 13.2 Å². The summed E-state index contributed by atoms with van der Waals surface area (Å²) in [7, 11) is 1.92. The number of nitrogens with zero attached hydrogens (tertiary/aromatic N) is 1. The molecule has 0 aromatic heterocycles. The van der Waals surface area contributed by atoms with Crippen molar-refractivity contribution in [2.75, 3.05) is 11.9 Å². The Hall–Kier alpha value is -0.940. The molecule has 2 nitrogen and oxygen atoms in total. The van der Waals surface area contributed by atoms with Crippen molar-refractivity contribution in [2.24, 2.45) is 0 Å². The molecule has 3 rings (SSSR count). The van der Waals surface area contributed by atoms with E-state index in [1.165, 1.54) is 6.07 Å². The normalized spacial score (nSPS) is 29.0. The molecule has 0 radical (unpaired) electrons. The molecule has 0 amide bonds. The Morgan fingerprint density at radius 2 is 1.81 bits per heavy atom. The molecule has 2 unspecified atom stereocenters. The summed E-state index contributed by atoms with van der Waals surface area (Å²) < 4.78 is 39.9. The SMILES string of the molecule is CNC1CC2CCC(C1)N2c1ccc(Cl)cc1C(F)(F)F. The second kappa shape index (κ2) is 5.36. The van der Waals surface area contributed by atoms with Gasteiger partial charge in [-0.1, -0.05) is 11.6 Å². The number of halogens is 4. The summed E-state index contributed by atoms with van der Waals surface area (Å²) >= 11 is 5.77. The second-order valence-corrected chi connectivity index (χ2v) is 6.34. The van der Waals surface area contributed by atoms with Gasteiger partial charge >= 0.3 is 6.18 Å². The minimum Gasteiger partial charge on any atom is -0.365 e. The Labute approximate surface area is 127 Å². The molecule has 2 bridgehead atoms. The van der Waals surface area contributed by atoms with Crippen LogP contribution in [0.25, 0.3) is 0 Å². The number of hydrogen-bond acceptors (Lipinski definition) is 2. The van der Waals surface area contributed by atoms with Crippen LogP contribution >= 0.6 is 11.6 Å². The highest BCUT2D eigenvalue weighted by molar-refractivity contribution is 6.30. The van der Waals surface area contributed by atoms with E-state index in [9.17, 15) is 13.2 Å². The second-order valence-electron chi connectivity index (χ2n) is 5.91. The van der Waals surface area contributed by atoms with Gasteiger partial charge in [0.15, 0.2) is 0 Å². The Morgan fingerprint density at radius 3 is 2.33 bits per heavy atom. The van der Waals surface area contributed by atoms with Gasteiger partial charge < -0.3 is 10.2 Å². The smallest absolute Gasteiger partial charge is 0.365 e. The molecule has 116 valence electrons. The van der Waals surface area contributed by atoms with Gasteiger partial charge in [0, 0.05) is 28.8 Å². The first-order valence-corrected chi connectivity index (χ1v) is 7.60. The summed E-state index contributed by atoms with van der Waals surface area (Å²) in [6, 6.07) is 4.89. The fourth-order valence-electron chi connectivity index (χ4n) is 3.77. The highest BCUT2D eigenvalue weighted by Crippen LogP contribution is 2.45. The molecular formula is C15H18ClF3N2. The van der Waals surface area contributed by atoms with E-state index >= 15 is 0 Å². The number of piperidine rings is 1. The predicted molar refractivity (Wildman–Crippen MR) is 77.8 cm³/mol. The molecule has 1 N–H and O–H groups in total. The molecule has 2 saturated heterocycles. The largest absolute Gasteiger partial charge is 0.418 e. The number of rotatable bonds is 2. The Bertz CT molecular complexity index is 518. The highest BCUT2D eigenvalue weighted by Gasteiger charge is 2.44. The van der Waals surface area contributed by atoms with Gasteiger partial charge in [-0.25, -0.2) is 0 Å². The lowest BCUT2D eigenvalue weighted by atomic mass is 9.95. The van der Waals surface area contributed by atoms with Gasteiger partial charge in [0.25, 0.3) is 0 Å². The lowest BCUT2D eigenvalue weighted by Crippen LogP contribution is -2.49. The molecular weight excluding hydrogens is 301 g/mol. The maximum Gasteiger partial charge on any atom is 0.418 e. The van der Waals surface area contributed by atoms with Crippen molar-refractivity contribution in [3.63, 3.8) is 0 Å². The first-order chi connectivity index (χ1) is 9.90. The Balaban J connectivity index is 1.98. The average Bonchev–Trinajstić information content (AvgIpc) is 2.68. The van der Waals surface area contributed by atoms with Crippen LogP contribution in [-0.2, 0) is 6.18 Å². The molecule has 0 aliphatic carbocycles. The summed E-state index contributed by atoms with van der Waals surface area (Å²) in [6.07, 6.45) is -0.662. The van der Waals surface area contributed by atoms with Gasteiger partial charge in [0.1, 0.15) is 0 Å². The molecule has 2 aliphatic heterocycles. The van der Waals surface area contributed by atoms with Gasteiger partial charge in [-0.15, -0.1) is 0 Å². The zero-order valence-electron chi connectivity index (χ0n) is 11.8. The fourth-order valence-corrected chi connectivity index (χ4v) is 3.94. The van der Waals surface area contributed by atoms with E-state index < -0.39 is 11.7 Å². The number of nitrogens with one attached hydrogen (secondary N) is 1. The molecule has 21 heavy (non-hydrogen) atoms. The van der Waals surface area contributed by atoms with E-state index in [1.807, 2.05) is 11.9 Å². The molecule has 1 aromatic rings. The average molecular weight is 319 g/mol. The first-order valence-electron chi connectivity index (χ1n) is 7.22. The first kappa shape index (κ1) is 15.0. The fraction of sp³-hybridized carbons (Fsp3) is 0.600. The summed E-state index contributed by atoms with van der Waals surface area (Å²) in [5.41, 5.74) is -0.330. The maximum atomic E-state index is 13.3. The van der Waals surface area contributed by atoms with Crippen molar-refractivity contribution in [1.82, 2.24) is 5.32 Å². The van der Waals surface area contributed by atoms with E-state index in [-0.39, 0.29) is 22.8 Å². The molecule has 0 spiro atoms. The number of alkyl halides is 3. The summed E-state index contributed by atoms with van der Waals surface area (Å²) in [6.45, 7) is 0. The number of hydrogen-bond donors (Lipinski definition) is 1. The minimum atomic E-state index is -4.38. The van der Waals surface area contributed by atoms with E-state index in [4.69, 9.17) is 11.6 Å². The van der Waals surface area contributed by atoms with Crippen molar-refractivity contribution in [1.29, 1.82) is 0 Å². The van der Waals surface area contributed by atoms with Crippen LogP contribution in [0.4, 0.5) is 18.9 Å². The highest BCUT2D eigenvalue weighted by atomic mass is 35.5. The molecule has 0 saturated carbocycles. The molecule has 2 fully saturated rings. The maximum absolute atomic E-state index is 13.3. The van der Waals surface area contributed by atoms with Gasteiger partial charge in [-0.3, -0.25) is 0 Å². The Morgan fingerprint density at radius 1 is 1.19 bits per heavy atom. The molecule has 6 heteroatoms. The zero-order valence-corrected chi connectivity index (χ0v) is 12.5. The van der Waals surface area contributed by atoms with E-state index in [2.05, 4.69) is 5.32 Å². The molecule has 2 atom stereocenters. The van der Waals surface area contributed by atoms with Crippen molar-refractivity contribution in [3.8, 4) is 0 Å². The standard InChI is InChI=1S/C15H18ClF3N2/c1-20-10-7-11-3-4-12(8-10)21(11)14-5-2-9(16)6-13(14)15(17,18)19/h2,5-6,10-12,20H,3-4,7-8H2,1H3. The lowest BCUT2D eigenvalue weighted by Gasteiger charge is -2.41. The van der Waals surface area contributed by atoms with Crippen LogP contribution < -0.4 is 10.2 Å². The third-order valence-corrected chi connectivity index (χ3v) is 4.92. The summed E-state index contributed by atoms with van der Waals surface area (Å²) in [4.78, 5) is 1.98. The van der Waals surface area contributed by atoms with Crippen LogP contribution in [0.15, 0.2) is 18.2 Å². The predicted octanol–water partition coefficient (Wildman–Crippen LogP) is 4.08. The van der Waals surface area contributed by atoms with Crippen LogP contribution in [-0.4, -0.2) is 25.2 Å². The molecule has 1 aromatic carbocycles. The van der Waals surface area contributed by atoms with Crippen molar-refractivity contribution in [3.05, 3.63) is 28.8 Å². The topological polar surface area (TPSA) is 15.3 Å². The van der Waals surface area contributed by atoms with E-state index in [1.54, 1.807) is 6.07 Å². The number of anilines is 1. The number of benzene rings is 1. The van der Waals surface area contributed by atoms with Gasteiger partial charge in [0.2, 0.25) is 0 Å². The Kier molecular flexibility index (Phi) is 3.82. The van der Waals surface area contributed by atoms with E-state index in [0.717, 1.165) is 31.7 Å². The van der Waals surface area contributed by atoms with Crippen LogP contribution in [0.2, 0.25) is 5.02 Å². The summed E-state index contributed by atoms with van der Waals surface area (Å²) in [5.74, 6) is 0. The third kappa shape index (κ3) is 2.73. The third-order valence-electron chi connectivity index (χ3n) is 4.68. The van der Waals surface area contributed by atoms with Crippen LogP contribution in [0.1, 0.15) is 31.2 Å². The monoisotopic (exact) mass is 318 g/mol. The lowest BCUT2D eigenvalue weighted by molar-refractivity contribution is -0.137. The molecule has 2 aliphatic rings. The molecule has 2 heterocycles.